The number of hydrogen-bond donors (Lipinski definition) is 4. The summed E-state index contributed by atoms with van der Waals surface area (Å²) in [5.74, 6) is 0.767. The van der Waals surface area contributed by atoms with Crippen molar-refractivity contribution >= 4 is 39.4 Å². The number of amides is 2. The van der Waals surface area contributed by atoms with Crippen LogP contribution in [-0.4, -0.2) is 28.2 Å². The molecule has 20 heavy (non-hydrogen) atoms. The third kappa shape index (κ3) is 3.58. The number of aromatic nitrogens is 2. The van der Waals surface area contributed by atoms with E-state index in [1.165, 1.54) is 19.3 Å². The Morgan fingerprint density at radius 3 is 2.90 bits per heavy atom. The summed E-state index contributed by atoms with van der Waals surface area (Å²) in [5, 5.41) is 17.3. The molecular formula is C12H12BrN5O2. The highest BCUT2D eigenvalue weighted by Gasteiger charge is 2.08. The van der Waals surface area contributed by atoms with Gasteiger partial charge in [0.05, 0.1) is 4.47 Å². The Morgan fingerprint density at radius 2 is 2.20 bits per heavy atom. The number of nitrogens with one attached hydrogen (secondary N) is 3. The number of carbonyl (C=O) groups is 1. The highest BCUT2D eigenvalue weighted by molar-refractivity contribution is 9.10. The van der Waals surface area contributed by atoms with E-state index in [1.807, 2.05) is 0 Å². The first-order chi connectivity index (χ1) is 9.58. The average molecular weight is 338 g/mol. The second-order valence-electron chi connectivity index (χ2n) is 3.77. The van der Waals surface area contributed by atoms with Crippen LogP contribution in [-0.2, 0) is 0 Å². The lowest BCUT2D eigenvalue weighted by Gasteiger charge is -2.09. The molecule has 0 saturated heterocycles. The van der Waals surface area contributed by atoms with Gasteiger partial charge in [-0.1, -0.05) is 6.07 Å². The molecule has 104 valence electrons. The zero-order chi connectivity index (χ0) is 14.5. The molecule has 0 spiro atoms. The normalized spacial score (nSPS) is 9.90. The van der Waals surface area contributed by atoms with Crippen LogP contribution >= 0.6 is 15.9 Å². The Morgan fingerprint density at radius 1 is 1.40 bits per heavy atom. The topological polar surface area (TPSA) is 99.2 Å². The van der Waals surface area contributed by atoms with Crippen molar-refractivity contribution in [2.24, 2.45) is 0 Å². The van der Waals surface area contributed by atoms with Gasteiger partial charge >= 0.3 is 6.03 Å². The maximum atomic E-state index is 11.3. The highest BCUT2D eigenvalue weighted by atomic mass is 79.9. The summed E-state index contributed by atoms with van der Waals surface area (Å²) in [6, 6.07) is 6.17. The number of phenolic OH excluding ortho intramolecular Hbond substituents is 1. The lowest BCUT2D eigenvalue weighted by atomic mass is 10.3. The van der Waals surface area contributed by atoms with Crippen molar-refractivity contribution in [1.29, 1.82) is 0 Å². The molecule has 0 fully saturated rings. The van der Waals surface area contributed by atoms with E-state index in [9.17, 15) is 9.90 Å². The first kappa shape index (κ1) is 14.1. The molecule has 1 heterocycles. The number of anilines is 3. The number of carbonyl (C=O) groups excluding carboxylic acids is 1. The molecule has 0 saturated carbocycles. The summed E-state index contributed by atoms with van der Waals surface area (Å²) < 4.78 is 0.558. The molecule has 0 aliphatic heterocycles. The van der Waals surface area contributed by atoms with Crippen LogP contribution in [0.25, 0.3) is 0 Å². The zero-order valence-electron chi connectivity index (χ0n) is 10.5. The van der Waals surface area contributed by atoms with Gasteiger partial charge in [0.2, 0.25) is 5.95 Å². The van der Waals surface area contributed by atoms with Gasteiger partial charge in [-0.25, -0.2) is 9.78 Å². The van der Waals surface area contributed by atoms with E-state index in [2.05, 4.69) is 41.8 Å². The van der Waals surface area contributed by atoms with Crippen molar-refractivity contribution in [2.75, 3.05) is 17.7 Å². The number of halogens is 1. The SMILES string of the molecule is CNC(=O)Nc1nc(Nc2cccc(O)c2)ncc1Br. The third-order valence-electron chi connectivity index (χ3n) is 2.31. The van der Waals surface area contributed by atoms with E-state index in [1.54, 1.807) is 18.2 Å². The summed E-state index contributed by atoms with van der Waals surface area (Å²) >= 11 is 3.25. The first-order valence-electron chi connectivity index (χ1n) is 5.66. The zero-order valence-corrected chi connectivity index (χ0v) is 12.1. The maximum Gasteiger partial charge on any atom is 0.320 e. The standard InChI is InChI=1S/C12H12BrN5O2/c1-14-12(20)18-10-9(13)6-15-11(17-10)16-7-3-2-4-8(19)5-7/h2-6,19H,1H3,(H3,14,15,16,17,18,20). The fraction of sp³-hybridized carbons (Fsp3) is 0.0833. The van der Waals surface area contributed by atoms with E-state index in [0.717, 1.165) is 0 Å². The van der Waals surface area contributed by atoms with Crippen LogP contribution in [0.15, 0.2) is 34.9 Å². The molecule has 0 aliphatic rings. The fourth-order valence-electron chi connectivity index (χ4n) is 1.40. The van der Waals surface area contributed by atoms with Gasteiger partial charge in [0, 0.05) is 25.0 Å². The molecule has 4 N–H and O–H groups in total. The summed E-state index contributed by atoms with van der Waals surface area (Å²) in [7, 11) is 1.51. The van der Waals surface area contributed by atoms with E-state index >= 15 is 0 Å². The molecule has 7 nitrogen and oxygen atoms in total. The molecule has 2 amide bonds. The van der Waals surface area contributed by atoms with Crippen LogP contribution in [0.4, 0.5) is 22.2 Å². The van der Waals surface area contributed by atoms with Crippen LogP contribution in [0.2, 0.25) is 0 Å². The quantitative estimate of drug-likeness (QED) is 0.689. The lowest BCUT2D eigenvalue weighted by Crippen LogP contribution is -2.25. The van der Waals surface area contributed by atoms with Gasteiger partial charge in [-0.15, -0.1) is 0 Å². The van der Waals surface area contributed by atoms with Crippen LogP contribution < -0.4 is 16.0 Å². The fourth-order valence-corrected chi connectivity index (χ4v) is 1.69. The average Bonchev–Trinajstić information content (AvgIpc) is 2.42. The Labute approximate surface area is 123 Å². The molecule has 1 aromatic heterocycles. The van der Waals surface area contributed by atoms with Crippen molar-refractivity contribution in [1.82, 2.24) is 15.3 Å². The Balaban J connectivity index is 2.20. The number of benzene rings is 1. The summed E-state index contributed by atoms with van der Waals surface area (Å²) in [6.07, 6.45) is 1.52. The monoisotopic (exact) mass is 337 g/mol. The minimum atomic E-state index is -0.382. The van der Waals surface area contributed by atoms with Crippen molar-refractivity contribution < 1.29 is 9.90 Å². The van der Waals surface area contributed by atoms with Gasteiger partial charge in [-0.05, 0) is 28.1 Å². The molecule has 1 aromatic carbocycles. The molecular weight excluding hydrogens is 326 g/mol. The summed E-state index contributed by atoms with van der Waals surface area (Å²) in [5.41, 5.74) is 0.637. The predicted molar refractivity (Wildman–Crippen MR) is 79.2 cm³/mol. The van der Waals surface area contributed by atoms with Crippen LogP contribution in [0.1, 0.15) is 0 Å². The number of hydrogen-bond acceptors (Lipinski definition) is 5. The van der Waals surface area contributed by atoms with Crippen LogP contribution in [0.3, 0.4) is 0 Å². The van der Waals surface area contributed by atoms with E-state index in [-0.39, 0.29) is 11.8 Å². The van der Waals surface area contributed by atoms with Gasteiger partial charge in [0.15, 0.2) is 5.82 Å². The van der Waals surface area contributed by atoms with E-state index < -0.39 is 0 Å². The third-order valence-corrected chi connectivity index (χ3v) is 2.89. The highest BCUT2D eigenvalue weighted by Crippen LogP contribution is 2.23. The molecule has 2 aromatic rings. The van der Waals surface area contributed by atoms with Gasteiger partial charge in [-0.3, -0.25) is 5.32 Å². The van der Waals surface area contributed by atoms with Gasteiger partial charge < -0.3 is 15.7 Å². The van der Waals surface area contributed by atoms with Crippen LogP contribution in [0, 0.1) is 0 Å². The van der Waals surface area contributed by atoms with Crippen LogP contribution in [0.5, 0.6) is 5.75 Å². The van der Waals surface area contributed by atoms with Gasteiger partial charge in [0.25, 0.3) is 0 Å². The van der Waals surface area contributed by atoms with Crippen molar-refractivity contribution in [3.05, 3.63) is 34.9 Å². The molecule has 0 unspecified atom stereocenters. The lowest BCUT2D eigenvalue weighted by molar-refractivity contribution is 0.254. The van der Waals surface area contributed by atoms with E-state index in [0.29, 0.717) is 21.9 Å². The number of phenols is 1. The summed E-state index contributed by atoms with van der Waals surface area (Å²) in [6.45, 7) is 0. The van der Waals surface area contributed by atoms with Gasteiger partial charge in [-0.2, -0.15) is 4.98 Å². The van der Waals surface area contributed by atoms with Crippen molar-refractivity contribution in [3.63, 3.8) is 0 Å². The Bertz CT molecular complexity index is 635. The second-order valence-corrected chi connectivity index (χ2v) is 4.62. The Kier molecular flexibility index (Phi) is 4.36. The van der Waals surface area contributed by atoms with Crippen molar-refractivity contribution in [3.8, 4) is 5.75 Å². The number of rotatable bonds is 3. The molecule has 0 aliphatic carbocycles. The van der Waals surface area contributed by atoms with Crippen molar-refractivity contribution in [2.45, 2.75) is 0 Å². The molecule has 2 rings (SSSR count). The van der Waals surface area contributed by atoms with Gasteiger partial charge in [0.1, 0.15) is 5.75 Å². The summed E-state index contributed by atoms with van der Waals surface area (Å²) in [4.78, 5) is 19.5. The number of nitrogens with zero attached hydrogens (tertiary/aromatic N) is 2. The molecule has 0 bridgehead atoms. The van der Waals surface area contributed by atoms with E-state index in [4.69, 9.17) is 0 Å². The molecule has 0 atom stereocenters. The molecule has 0 radical (unpaired) electrons. The minimum absolute atomic E-state index is 0.135. The Hall–Kier alpha value is -2.35. The largest absolute Gasteiger partial charge is 0.508 e. The second kappa shape index (κ2) is 6.20. The number of urea groups is 1. The maximum absolute atomic E-state index is 11.3. The smallest absolute Gasteiger partial charge is 0.320 e. The predicted octanol–water partition coefficient (Wildman–Crippen LogP) is 2.44. The number of aromatic hydroxyl groups is 1. The molecule has 8 heteroatoms. The minimum Gasteiger partial charge on any atom is -0.508 e. The first-order valence-corrected chi connectivity index (χ1v) is 6.45.